The number of hydroxylamine groups is 3. The lowest BCUT2D eigenvalue weighted by Crippen LogP contribution is -2.48. The van der Waals surface area contributed by atoms with Crippen molar-refractivity contribution in [3.8, 4) is 0 Å². The number of amides is 3. The van der Waals surface area contributed by atoms with Crippen LogP contribution in [-0.2, 0) is 31.2 Å². The van der Waals surface area contributed by atoms with E-state index in [0.717, 1.165) is 26.3 Å². The molecule has 0 saturated carbocycles. The maximum absolute atomic E-state index is 15.3. The Bertz CT molecular complexity index is 1380. The Hall–Kier alpha value is -3.24. The zero-order valence-corrected chi connectivity index (χ0v) is 23.7. The molecule has 0 atom stereocenters. The molecule has 2 aromatic rings. The number of nitrogens with one attached hydrogen (secondary N) is 3. The number of benzene rings is 2. The van der Waals surface area contributed by atoms with Crippen LogP contribution in [0.2, 0.25) is 0 Å². The monoisotopic (exact) mass is 705 g/mol. The van der Waals surface area contributed by atoms with E-state index in [4.69, 9.17) is 19.9 Å². The average Bonchev–Trinajstić information content (AvgIpc) is 2.90. The van der Waals surface area contributed by atoms with E-state index in [0.29, 0.717) is 8.63 Å². The first kappa shape index (κ1) is 33.0. The van der Waals surface area contributed by atoms with Crippen molar-refractivity contribution < 1.29 is 55.9 Å². The standard InChI is InChI=1S/C21H23F3IN5O9S/c1-26-40(36,37)30(21(34)35)10-16(32)29(38-2)9-11-7-13(20(33)28-39-6-5-31)19(18(24)17(11)23)27-15-4-3-12(25)8-14(15)22/h3-4,7-8,26-27,31H,5-6,9-10H2,1-2H3,(H,28,33)(H,34,35). The number of hydrogen-bond acceptors (Lipinski definition) is 9. The van der Waals surface area contributed by atoms with Gasteiger partial charge in [0.2, 0.25) is 0 Å². The van der Waals surface area contributed by atoms with Crippen LogP contribution in [0.15, 0.2) is 24.3 Å². The summed E-state index contributed by atoms with van der Waals surface area (Å²) in [6.07, 6.45) is -2.02. The van der Waals surface area contributed by atoms with Crippen LogP contribution in [0.25, 0.3) is 0 Å². The molecule has 0 spiro atoms. The molecule has 0 aliphatic rings. The fourth-order valence-corrected chi connectivity index (χ4v) is 4.17. The van der Waals surface area contributed by atoms with Crippen LogP contribution >= 0.6 is 22.6 Å². The van der Waals surface area contributed by atoms with Crippen molar-refractivity contribution in [2.24, 2.45) is 0 Å². The number of carboxylic acid groups (broad SMARTS) is 1. The molecule has 0 aliphatic carbocycles. The lowest BCUT2D eigenvalue weighted by molar-refractivity contribution is -0.179. The maximum atomic E-state index is 15.3. The van der Waals surface area contributed by atoms with Crippen molar-refractivity contribution in [1.29, 1.82) is 0 Å². The Balaban J connectivity index is 2.51. The van der Waals surface area contributed by atoms with Gasteiger partial charge in [0, 0.05) is 16.2 Å². The molecule has 5 N–H and O–H groups in total. The predicted octanol–water partition coefficient (Wildman–Crippen LogP) is 1.44. The summed E-state index contributed by atoms with van der Waals surface area (Å²) in [5.74, 6) is -6.59. The highest BCUT2D eigenvalue weighted by molar-refractivity contribution is 14.1. The van der Waals surface area contributed by atoms with Crippen LogP contribution in [0.1, 0.15) is 15.9 Å². The number of rotatable bonds is 13. The van der Waals surface area contributed by atoms with Gasteiger partial charge in [-0.1, -0.05) is 0 Å². The summed E-state index contributed by atoms with van der Waals surface area (Å²) in [5.41, 5.74) is -0.527. The number of aliphatic hydroxyl groups excluding tert-OH is 1. The van der Waals surface area contributed by atoms with Gasteiger partial charge in [0.25, 0.3) is 11.8 Å². The zero-order chi connectivity index (χ0) is 30.2. The van der Waals surface area contributed by atoms with Gasteiger partial charge < -0.3 is 15.5 Å². The smallest absolute Gasteiger partial charge is 0.422 e. The van der Waals surface area contributed by atoms with Crippen molar-refractivity contribution in [3.05, 3.63) is 56.4 Å². The highest BCUT2D eigenvalue weighted by Gasteiger charge is 2.32. The number of carbonyl (C=O) groups is 3. The van der Waals surface area contributed by atoms with Gasteiger partial charge in [-0.25, -0.2) is 33.2 Å². The van der Waals surface area contributed by atoms with Crippen LogP contribution in [0.3, 0.4) is 0 Å². The van der Waals surface area contributed by atoms with Crippen LogP contribution in [-0.4, -0.2) is 79.8 Å². The van der Waals surface area contributed by atoms with Gasteiger partial charge in [0.05, 0.1) is 43.8 Å². The first-order valence-corrected chi connectivity index (χ1v) is 13.3. The molecular formula is C21H23F3IN5O9S. The normalized spacial score (nSPS) is 11.2. The van der Waals surface area contributed by atoms with Gasteiger partial charge in [-0.2, -0.15) is 12.7 Å². The largest absolute Gasteiger partial charge is 0.464 e. The Kier molecular flexibility index (Phi) is 11.9. The Labute approximate surface area is 239 Å². The number of hydrogen-bond donors (Lipinski definition) is 5. The molecule has 0 radical (unpaired) electrons. The zero-order valence-electron chi connectivity index (χ0n) is 20.7. The molecule has 14 nitrogen and oxygen atoms in total. The lowest BCUT2D eigenvalue weighted by Gasteiger charge is -2.24. The van der Waals surface area contributed by atoms with Crippen molar-refractivity contribution in [2.45, 2.75) is 6.54 Å². The number of nitrogens with zero attached hydrogens (tertiary/aromatic N) is 2. The molecule has 2 aromatic carbocycles. The van der Waals surface area contributed by atoms with Crippen LogP contribution in [0.5, 0.6) is 0 Å². The molecule has 0 heterocycles. The second-order valence-electron chi connectivity index (χ2n) is 7.45. The van der Waals surface area contributed by atoms with Crippen LogP contribution in [0.4, 0.5) is 29.3 Å². The van der Waals surface area contributed by atoms with E-state index in [-0.39, 0.29) is 16.6 Å². The summed E-state index contributed by atoms with van der Waals surface area (Å²) in [7, 11) is -2.82. The highest BCUT2D eigenvalue weighted by atomic mass is 127. The van der Waals surface area contributed by atoms with Gasteiger partial charge in [0.15, 0.2) is 11.6 Å². The Morgan fingerprint density at radius 3 is 2.35 bits per heavy atom. The minimum Gasteiger partial charge on any atom is -0.464 e. The predicted molar refractivity (Wildman–Crippen MR) is 140 cm³/mol. The minimum absolute atomic E-state index is 0.252. The third kappa shape index (κ3) is 8.14. The van der Waals surface area contributed by atoms with E-state index >= 15 is 8.78 Å². The van der Waals surface area contributed by atoms with E-state index in [1.54, 1.807) is 4.72 Å². The molecule has 0 aliphatic heterocycles. The van der Waals surface area contributed by atoms with Crippen molar-refractivity contribution in [1.82, 2.24) is 19.6 Å². The van der Waals surface area contributed by atoms with Gasteiger partial charge in [-0.05, 0) is 46.9 Å². The Morgan fingerprint density at radius 2 is 1.80 bits per heavy atom. The number of halogens is 4. The summed E-state index contributed by atoms with van der Waals surface area (Å²) in [5, 5.41) is 20.6. The highest BCUT2D eigenvalue weighted by Crippen LogP contribution is 2.31. The summed E-state index contributed by atoms with van der Waals surface area (Å²) in [4.78, 5) is 46.2. The van der Waals surface area contributed by atoms with Gasteiger partial charge in [0.1, 0.15) is 12.4 Å². The first-order chi connectivity index (χ1) is 18.8. The van der Waals surface area contributed by atoms with E-state index < -0.39 is 82.1 Å². The van der Waals surface area contributed by atoms with E-state index in [2.05, 4.69) is 5.32 Å². The maximum Gasteiger partial charge on any atom is 0.422 e. The van der Waals surface area contributed by atoms with E-state index in [1.807, 2.05) is 28.1 Å². The fourth-order valence-electron chi connectivity index (χ4n) is 3.01. The number of anilines is 2. The van der Waals surface area contributed by atoms with Crippen molar-refractivity contribution in [3.63, 3.8) is 0 Å². The number of aliphatic hydroxyl groups is 1. The van der Waals surface area contributed by atoms with Gasteiger partial charge in [-0.15, -0.1) is 0 Å². The minimum atomic E-state index is -4.63. The Morgan fingerprint density at radius 1 is 1.12 bits per heavy atom. The molecule has 220 valence electrons. The van der Waals surface area contributed by atoms with Crippen LogP contribution < -0.4 is 15.5 Å². The van der Waals surface area contributed by atoms with Crippen molar-refractivity contribution >= 4 is 62.1 Å². The van der Waals surface area contributed by atoms with Gasteiger partial charge in [-0.3, -0.25) is 19.3 Å². The molecule has 3 amide bonds. The molecule has 0 unspecified atom stereocenters. The third-order valence-corrected chi connectivity index (χ3v) is 6.98. The summed E-state index contributed by atoms with van der Waals surface area (Å²) in [6.45, 7) is -3.09. The molecular weight excluding hydrogens is 682 g/mol. The average molecular weight is 705 g/mol. The third-order valence-electron chi connectivity index (χ3n) is 4.93. The molecule has 19 heteroatoms. The molecule has 40 heavy (non-hydrogen) atoms. The first-order valence-electron chi connectivity index (χ1n) is 10.8. The second-order valence-corrected chi connectivity index (χ2v) is 10.5. The van der Waals surface area contributed by atoms with Gasteiger partial charge >= 0.3 is 16.3 Å². The van der Waals surface area contributed by atoms with E-state index in [9.17, 15) is 27.2 Å². The molecule has 0 fully saturated rings. The lowest BCUT2D eigenvalue weighted by atomic mass is 10.1. The summed E-state index contributed by atoms with van der Waals surface area (Å²) < 4.78 is 70.7. The van der Waals surface area contributed by atoms with Crippen LogP contribution in [0, 0.1) is 21.0 Å². The summed E-state index contributed by atoms with van der Waals surface area (Å²) in [6, 6.07) is 4.54. The quantitative estimate of drug-likeness (QED) is 0.116. The number of carbonyl (C=O) groups excluding carboxylic acids is 2. The molecule has 0 saturated heterocycles. The van der Waals surface area contributed by atoms with Crippen molar-refractivity contribution in [2.75, 3.05) is 39.2 Å². The second kappa shape index (κ2) is 14.4. The molecule has 0 aromatic heterocycles. The SMILES string of the molecule is CNS(=O)(=O)N(CC(=O)N(Cc1cc(C(=O)NOCCO)c(Nc2ccc(I)cc2F)c(F)c1F)OC)C(=O)O. The topological polar surface area (TPSA) is 187 Å². The summed E-state index contributed by atoms with van der Waals surface area (Å²) >= 11 is 1.82. The van der Waals surface area contributed by atoms with E-state index in [1.165, 1.54) is 12.1 Å². The molecule has 0 bridgehead atoms. The molecule has 2 rings (SSSR count). The fraction of sp³-hybridized carbons (Fsp3) is 0.286.